The van der Waals surface area contributed by atoms with Gasteiger partial charge in [0, 0.05) is 41.5 Å². The molecule has 0 aliphatic rings. The van der Waals surface area contributed by atoms with Gasteiger partial charge in [0.2, 0.25) is 5.91 Å². The number of hydrogen-bond donors (Lipinski definition) is 3. The Balaban J connectivity index is 1.35. The number of rotatable bonds is 8. The molecule has 0 saturated heterocycles. The van der Waals surface area contributed by atoms with Crippen molar-refractivity contribution in [2.75, 3.05) is 11.9 Å². The standard InChI is InChI=1S/C21H21BrN4O2S/c22-17-8-6-15(7-9-17)12-18-14-25-21(29-18)26-19(27)10-11-23-20(28)24-13-16-4-2-1-3-5-16/h1-9,14H,10-13H2,(H2,23,24,28)(H,25,26,27). The third-order valence-corrected chi connectivity index (χ3v) is 5.47. The van der Waals surface area contributed by atoms with Gasteiger partial charge in [-0.05, 0) is 23.3 Å². The summed E-state index contributed by atoms with van der Waals surface area (Å²) in [5.41, 5.74) is 2.20. The first-order valence-electron chi connectivity index (χ1n) is 9.13. The van der Waals surface area contributed by atoms with Gasteiger partial charge in [0.05, 0.1) is 0 Å². The van der Waals surface area contributed by atoms with Crippen molar-refractivity contribution in [1.29, 1.82) is 0 Å². The second kappa shape index (κ2) is 10.7. The fourth-order valence-corrected chi connectivity index (χ4v) is 3.69. The van der Waals surface area contributed by atoms with E-state index < -0.39 is 0 Å². The van der Waals surface area contributed by atoms with E-state index in [4.69, 9.17) is 0 Å². The SMILES string of the molecule is O=C(CCNC(=O)NCc1ccccc1)Nc1ncc(Cc2ccc(Br)cc2)s1. The number of nitrogens with one attached hydrogen (secondary N) is 3. The van der Waals surface area contributed by atoms with Crippen molar-refractivity contribution in [3.05, 3.63) is 81.3 Å². The molecule has 6 nitrogen and oxygen atoms in total. The van der Waals surface area contributed by atoms with Crippen LogP contribution in [0.1, 0.15) is 22.4 Å². The quantitative estimate of drug-likeness (QED) is 0.456. The molecule has 0 bridgehead atoms. The fraction of sp³-hybridized carbons (Fsp3) is 0.190. The van der Waals surface area contributed by atoms with Crippen molar-refractivity contribution in [3.8, 4) is 0 Å². The Hall–Kier alpha value is -2.71. The normalized spacial score (nSPS) is 10.4. The molecule has 0 atom stereocenters. The van der Waals surface area contributed by atoms with Crippen molar-refractivity contribution in [2.24, 2.45) is 0 Å². The van der Waals surface area contributed by atoms with Crippen LogP contribution in [0.5, 0.6) is 0 Å². The van der Waals surface area contributed by atoms with Gasteiger partial charge in [-0.3, -0.25) is 4.79 Å². The third-order valence-electron chi connectivity index (χ3n) is 4.03. The number of anilines is 1. The first-order valence-corrected chi connectivity index (χ1v) is 10.7. The number of thiazole rings is 1. The van der Waals surface area contributed by atoms with Crippen LogP contribution >= 0.6 is 27.3 Å². The van der Waals surface area contributed by atoms with Gasteiger partial charge in [-0.15, -0.1) is 11.3 Å². The average Bonchev–Trinajstić information content (AvgIpc) is 3.15. The van der Waals surface area contributed by atoms with Gasteiger partial charge >= 0.3 is 6.03 Å². The maximum absolute atomic E-state index is 12.1. The highest BCUT2D eigenvalue weighted by molar-refractivity contribution is 9.10. The van der Waals surface area contributed by atoms with E-state index in [2.05, 4.69) is 49.0 Å². The van der Waals surface area contributed by atoms with Crippen LogP contribution in [0.15, 0.2) is 65.3 Å². The smallest absolute Gasteiger partial charge is 0.315 e. The van der Waals surface area contributed by atoms with E-state index in [9.17, 15) is 9.59 Å². The number of halogens is 1. The summed E-state index contributed by atoms with van der Waals surface area (Å²) in [6.07, 6.45) is 2.72. The molecule has 1 heterocycles. The molecule has 0 aliphatic heterocycles. The number of carbonyl (C=O) groups is 2. The van der Waals surface area contributed by atoms with Crippen LogP contribution in [0.4, 0.5) is 9.93 Å². The van der Waals surface area contributed by atoms with E-state index >= 15 is 0 Å². The molecule has 150 valence electrons. The molecule has 3 rings (SSSR count). The zero-order chi connectivity index (χ0) is 20.5. The number of carbonyl (C=O) groups excluding carboxylic acids is 2. The third kappa shape index (κ3) is 7.32. The molecular formula is C21H21BrN4O2S. The molecule has 0 spiro atoms. The monoisotopic (exact) mass is 472 g/mol. The number of nitrogens with zero attached hydrogens (tertiary/aromatic N) is 1. The highest BCUT2D eigenvalue weighted by Gasteiger charge is 2.08. The molecule has 3 amide bonds. The maximum Gasteiger partial charge on any atom is 0.315 e. The van der Waals surface area contributed by atoms with Crippen LogP contribution in [0.3, 0.4) is 0 Å². The number of aromatic nitrogens is 1. The van der Waals surface area contributed by atoms with Crippen molar-refractivity contribution < 1.29 is 9.59 Å². The Morgan fingerprint density at radius 3 is 2.48 bits per heavy atom. The van der Waals surface area contributed by atoms with Gasteiger partial charge in [0.25, 0.3) is 0 Å². The lowest BCUT2D eigenvalue weighted by Crippen LogP contribution is -2.36. The minimum Gasteiger partial charge on any atom is -0.338 e. The average molecular weight is 473 g/mol. The minimum absolute atomic E-state index is 0.181. The molecule has 3 aromatic rings. The summed E-state index contributed by atoms with van der Waals surface area (Å²) >= 11 is 4.87. The molecule has 29 heavy (non-hydrogen) atoms. The van der Waals surface area contributed by atoms with Gasteiger partial charge in [-0.1, -0.05) is 58.4 Å². The number of benzene rings is 2. The molecule has 0 unspecified atom stereocenters. The van der Waals surface area contributed by atoms with E-state index in [1.165, 1.54) is 16.9 Å². The van der Waals surface area contributed by atoms with Crippen LogP contribution in [-0.4, -0.2) is 23.5 Å². The van der Waals surface area contributed by atoms with Gasteiger partial charge in [0.1, 0.15) is 0 Å². The highest BCUT2D eigenvalue weighted by Crippen LogP contribution is 2.22. The van der Waals surface area contributed by atoms with Gasteiger partial charge in [-0.25, -0.2) is 9.78 Å². The molecule has 0 fully saturated rings. The summed E-state index contributed by atoms with van der Waals surface area (Å²) < 4.78 is 1.04. The largest absolute Gasteiger partial charge is 0.338 e. The first-order chi connectivity index (χ1) is 14.1. The Morgan fingerprint density at radius 1 is 0.966 bits per heavy atom. The van der Waals surface area contributed by atoms with Crippen molar-refractivity contribution in [3.63, 3.8) is 0 Å². The molecule has 3 N–H and O–H groups in total. The summed E-state index contributed by atoms with van der Waals surface area (Å²) in [4.78, 5) is 29.2. The zero-order valence-electron chi connectivity index (χ0n) is 15.7. The summed E-state index contributed by atoms with van der Waals surface area (Å²) in [5, 5.41) is 8.78. The Kier molecular flexibility index (Phi) is 7.77. The fourth-order valence-electron chi connectivity index (χ4n) is 2.56. The van der Waals surface area contributed by atoms with Crippen LogP contribution in [0.25, 0.3) is 0 Å². The molecular weight excluding hydrogens is 452 g/mol. The number of urea groups is 1. The van der Waals surface area contributed by atoms with Crippen molar-refractivity contribution in [1.82, 2.24) is 15.6 Å². The second-order valence-corrected chi connectivity index (χ2v) is 8.36. The molecule has 8 heteroatoms. The second-order valence-electron chi connectivity index (χ2n) is 6.33. The summed E-state index contributed by atoms with van der Waals surface area (Å²) in [6, 6.07) is 17.4. The van der Waals surface area contributed by atoms with E-state index in [1.54, 1.807) is 6.20 Å². The predicted molar refractivity (Wildman–Crippen MR) is 119 cm³/mol. The summed E-state index contributed by atoms with van der Waals surface area (Å²) in [6.45, 7) is 0.697. The Labute approximate surface area is 181 Å². The summed E-state index contributed by atoms with van der Waals surface area (Å²) in [7, 11) is 0. The van der Waals surface area contributed by atoms with Crippen LogP contribution in [0.2, 0.25) is 0 Å². The lowest BCUT2D eigenvalue weighted by atomic mass is 10.1. The van der Waals surface area contributed by atoms with Crippen molar-refractivity contribution in [2.45, 2.75) is 19.4 Å². The van der Waals surface area contributed by atoms with E-state index in [0.29, 0.717) is 11.7 Å². The topological polar surface area (TPSA) is 83.1 Å². The van der Waals surface area contributed by atoms with E-state index in [0.717, 1.165) is 21.3 Å². The Bertz CT molecular complexity index is 945. The number of hydrogen-bond acceptors (Lipinski definition) is 4. The summed E-state index contributed by atoms with van der Waals surface area (Å²) in [5.74, 6) is -0.182. The lowest BCUT2D eigenvalue weighted by molar-refractivity contribution is -0.116. The molecule has 0 aliphatic carbocycles. The Morgan fingerprint density at radius 2 is 1.72 bits per heavy atom. The van der Waals surface area contributed by atoms with Crippen molar-refractivity contribution >= 4 is 44.3 Å². The van der Waals surface area contributed by atoms with Gasteiger partial charge < -0.3 is 16.0 Å². The van der Waals surface area contributed by atoms with Gasteiger partial charge in [-0.2, -0.15) is 0 Å². The zero-order valence-corrected chi connectivity index (χ0v) is 18.1. The van der Waals surface area contributed by atoms with Gasteiger partial charge in [0.15, 0.2) is 5.13 Å². The molecule has 1 aromatic heterocycles. The van der Waals surface area contributed by atoms with E-state index in [-0.39, 0.29) is 24.9 Å². The predicted octanol–water partition coefficient (Wildman–Crippen LogP) is 4.32. The van der Waals surface area contributed by atoms with Crippen LogP contribution in [0, 0.1) is 0 Å². The first kappa shape index (κ1) is 21.0. The number of amides is 3. The van der Waals surface area contributed by atoms with Crippen LogP contribution < -0.4 is 16.0 Å². The lowest BCUT2D eigenvalue weighted by Gasteiger charge is -2.07. The maximum atomic E-state index is 12.1. The minimum atomic E-state index is -0.298. The molecule has 0 saturated carbocycles. The van der Waals surface area contributed by atoms with Crippen LogP contribution in [-0.2, 0) is 17.8 Å². The van der Waals surface area contributed by atoms with E-state index in [1.807, 2.05) is 42.5 Å². The molecule has 2 aromatic carbocycles. The molecule has 0 radical (unpaired) electrons. The highest BCUT2D eigenvalue weighted by atomic mass is 79.9.